The summed E-state index contributed by atoms with van der Waals surface area (Å²) in [5.41, 5.74) is 7.74. The van der Waals surface area contributed by atoms with Crippen LogP contribution in [0.5, 0.6) is 0 Å². The van der Waals surface area contributed by atoms with E-state index in [4.69, 9.17) is 26.6 Å². The fraction of sp³-hybridized carbons (Fsp3) is 0.306. The van der Waals surface area contributed by atoms with Gasteiger partial charge in [-0.05, 0) is 52.3 Å². The van der Waals surface area contributed by atoms with Crippen LogP contribution in [0.2, 0.25) is 5.02 Å². The van der Waals surface area contributed by atoms with Crippen molar-refractivity contribution in [3.05, 3.63) is 107 Å². The summed E-state index contributed by atoms with van der Waals surface area (Å²) in [5.74, 6) is -0.498. The zero-order chi connectivity index (χ0) is 34.5. The highest BCUT2D eigenvalue weighted by Gasteiger charge is 2.30. The van der Waals surface area contributed by atoms with E-state index in [1.165, 1.54) is 18.5 Å². The minimum Gasteiger partial charge on any atom is -0.432 e. The monoisotopic (exact) mass is 701 g/mol. The van der Waals surface area contributed by atoms with E-state index < -0.39 is 28.0 Å². The smallest absolute Gasteiger partial charge is 0.432 e. The number of rotatable bonds is 12. The zero-order valence-corrected chi connectivity index (χ0v) is 28.3. The molecule has 0 aliphatic heterocycles. The van der Waals surface area contributed by atoms with Crippen LogP contribution in [-0.4, -0.2) is 49.5 Å². The Balaban J connectivity index is 1.07. The van der Waals surface area contributed by atoms with Crippen molar-refractivity contribution in [2.45, 2.75) is 54.9 Å². The van der Waals surface area contributed by atoms with Crippen LogP contribution in [0.4, 0.5) is 10.6 Å². The molecule has 49 heavy (non-hydrogen) atoms. The van der Waals surface area contributed by atoms with Gasteiger partial charge in [0.25, 0.3) is 0 Å². The number of nitrogens with one attached hydrogen (secondary N) is 3. The first-order valence-electron chi connectivity index (χ1n) is 16.0. The number of amides is 1. The predicted molar refractivity (Wildman–Crippen MR) is 185 cm³/mol. The van der Waals surface area contributed by atoms with E-state index in [1.807, 2.05) is 48.5 Å². The van der Waals surface area contributed by atoms with Gasteiger partial charge in [0.05, 0.1) is 33.9 Å². The number of carbonyl (C=O) groups is 2. The Bertz CT molecular complexity index is 1920. The Morgan fingerprint density at radius 2 is 1.67 bits per heavy atom. The molecule has 254 valence electrons. The van der Waals surface area contributed by atoms with Crippen molar-refractivity contribution in [1.82, 2.24) is 15.4 Å². The number of benzene rings is 3. The first-order chi connectivity index (χ1) is 23.6. The largest absolute Gasteiger partial charge is 0.527 e. The van der Waals surface area contributed by atoms with E-state index in [-0.39, 0.29) is 39.9 Å². The van der Waals surface area contributed by atoms with Gasteiger partial charge >= 0.3 is 6.16 Å². The summed E-state index contributed by atoms with van der Waals surface area (Å²) >= 11 is 6.33. The number of halogens is 1. The van der Waals surface area contributed by atoms with Gasteiger partial charge in [-0.15, -0.1) is 5.48 Å². The number of ether oxygens (including phenoxy) is 1. The van der Waals surface area contributed by atoms with Crippen LogP contribution in [0, 0.1) is 11.3 Å². The van der Waals surface area contributed by atoms with Gasteiger partial charge < -0.3 is 20.3 Å². The highest BCUT2D eigenvalue weighted by Crippen LogP contribution is 2.44. The number of hydrogen-bond acceptors (Lipinski definition) is 10. The first kappa shape index (κ1) is 34.2. The number of sulfone groups is 1. The molecule has 1 aromatic heterocycles. The van der Waals surface area contributed by atoms with Gasteiger partial charge in [0, 0.05) is 18.4 Å². The van der Waals surface area contributed by atoms with Gasteiger partial charge in [-0.25, -0.2) is 18.2 Å². The van der Waals surface area contributed by atoms with Gasteiger partial charge in [-0.1, -0.05) is 91.9 Å². The highest BCUT2D eigenvalue weighted by atomic mass is 35.5. The molecule has 4 aromatic rings. The van der Waals surface area contributed by atoms with E-state index in [2.05, 4.69) is 20.8 Å². The average Bonchev–Trinajstić information content (AvgIpc) is 3.72. The fourth-order valence-electron chi connectivity index (χ4n) is 6.70. The standard InChI is InChI=1S/C36H36ClN5O6S/c1-49(45,46)33-15-14-23(17-30(33)37)28(16-22-8-2-3-9-22)35(43)41-34-20-39-32(19-40-34)31(18-38)42-48-36(44)47-21-29-26-12-6-4-10-24(26)25-11-5-7-13-27(25)29/h4-7,10-15,17-20,22,28-29,31,38,42H,2-3,8-9,16,21H2,1H3,(H,40,41,43). The maximum Gasteiger partial charge on any atom is 0.527 e. The van der Waals surface area contributed by atoms with Crippen LogP contribution in [0.1, 0.15) is 72.4 Å². The van der Waals surface area contributed by atoms with Crippen molar-refractivity contribution in [2.75, 3.05) is 18.2 Å². The average molecular weight is 702 g/mol. The molecular formula is C36H36ClN5O6S. The van der Waals surface area contributed by atoms with Crippen LogP contribution >= 0.6 is 11.6 Å². The molecule has 3 N–H and O–H groups in total. The number of hydrogen-bond donors (Lipinski definition) is 3. The number of carbonyl (C=O) groups excluding carboxylic acids is 2. The lowest BCUT2D eigenvalue weighted by molar-refractivity contribution is -0.118. The molecule has 11 nitrogen and oxygen atoms in total. The van der Waals surface area contributed by atoms with Gasteiger partial charge in [-0.2, -0.15) is 0 Å². The maximum absolute atomic E-state index is 13.6. The maximum atomic E-state index is 13.6. The number of fused-ring (bicyclic) bond motifs is 3. The molecule has 1 heterocycles. The van der Waals surface area contributed by atoms with Crippen molar-refractivity contribution in [3.8, 4) is 11.1 Å². The lowest BCUT2D eigenvalue weighted by Crippen LogP contribution is -2.28. The van der Waals surface area contributed by atoms with E-state index in [0.29, 0.717) is 17.9 Å². The van der Waals surface area contributed by atoms with E-state index in [1.54, 1.807) is 12.1 Å². The molecular weight excluding hydrogens is 666 g/mol. The van der Waals surface area contributed by atoms with Crippen molar-refractivity contribution < 1.29 is 27.6 Å². The van der Waals surface area contributed by atoms with Crippen molar-refractivity contribution >= 4 is 45.5 Å². The summed E-state index contributed by atoms with van der Waals surface area (Å²) in [7, 11) is -3.52. The zero-order valence-electron chi connectivity index (χ0n) is 26.8. The fourth-order valence-corrected chi connectivity index (χ4v) is 8.03. The molecule has 2 unspecified atom stereocenters. The second kappa shape index (κ2) is 14.9. The van der Waals surface area contributed by atoms with Crippen molar-refractivity contribution in [2.24, 2.45) is 5.92 Å². The molecule has 3 aromatic carbocycles. The summed E-state index contributed by atoms with van der Waals surface area (Å²) in [6.07, 6.45) is 8.68. The molecule has 0 radical (unpaired) electrons. The molecule has 0 bridgehead atoms. The summed E-state index contributed by atoms with van der Waals surface area (Å²) in [4.78, 5) is 39.9. The molecule has 13 heteroatoms. The van der Waals surface area contributed by atoms with Crippen LogP contribution in [-0.2, 0) is 24.2 Å². The number of hydroxylamine groups is 1. The third-order valence-corrected chi connectivity index (χ3v) is 10.7. The molecule has 1 fully saturated rings. The third kappa shape index (κ3) is 7.82. The van der Waals surface area contributed by atoms with Gasteiger partial charge in [0.15, 0.2) is 15.7 Å². The molecule has 0 saturated heterocycles. The number of anilines is 1. The summed E-state index contributed by atoms with van der Waals surface area (Å²) < 4.78 is 29.6. The molecule has 1 amide bonds. The Morgan fingerprint density at radius 1 is 1.00 bits per heavy atom. The Hall–Kier alpha value is -4.65. The molecule has 2 aliphatic rings. The topological polar surface area (TPSA) is 160 Å². The van der Waals surface area contributed by atoms with Crippen molar-refractivity contribution in [3.63, 3.8) is 0 Å². The molecule has 2 aliphatic carbocycles. The van der Waals surface area contributed by atoms with Crippen LogP contribution in [0.3, 0.4) is 0 Å². The van der Waals surface area contributed by atoms with Crippen LogP contribution in [0.15, 0.2) is 84.0 Å². The molecule has 6 rings (SSSR count). The predicted octanol–water partition coefficient (Wildman–Crippen LogP) is 7.00. The lowest BCUT2D eigenvalue weighted by Gasteiger charge is -2.21. The van der Waals surface area contributed by atoms with Gasteiger partial charge in [-0.3, -0.25) is 9.78 Å². The van der Waals surface area contributed by atoms with E-state index >= 15 is 0 Å². The van der Waals surface area contributed by atoms with E-state index in [0.717, 1.165) is 60.4 Å². The Morgan fingerprint density at radius 3 is 2.27 bits per heavy atom. The minimum absolute atomic E-state index is 0.0105. The molecule has 1 saturated carbocycles. The Labute approximate surface area is 289 Å². The molecule has 0 spiro atoms. The third-order valence-electron chi connectivity index (χ3n) is 9.13. The summed E-state index contributed by atoms with van der Waals surface area (Å²) in [5, 5.41) is 10.7. The SMILES string of the molecule is CS(=O)(=O)c1ccc(C(CC2CCCC2)C(=O)Nc2cnc(C(C=N)NOC(=O)OCC3c4ccccc4-c4ccccc43)cn2)cc1Cl. The Kier molecular flexibility index (Phi) is 10.4. The van der Waals surface area contributed by atoms with Gasteiger partial charge in [0.1, 0.15) is 12.6 Å². The lowest BCUT2D eigenvalue weighted by atomic mass is 9.87. The number of aromatic nitrogens is 2. The number of nitrogens with zero attached hydrogens (tertiary/aromatic N) is 2. The quantitative estimate of drug-likeness (QED) is 0.0803. The summed E-state index contributed by atoms with van der Waals surface area (Å²) in [6.45, 7) is 0.0772. The second-order valence-electron chi connectivity index (χ2n) is 12.4. The summed E-state index contributed by atoms with van der Waals surface area (Å²) in [6, 6.07) is 19.7. The van der Waals surface area contributed by atoms with Crippen LogP contribution < -0.4 is 10.8 Å². The second-order valence-corrected chi connectivity index (χ2v) is 14.8. The minimum atomic E-state index is -3.52. The first-order valence-corrected chi connectivity index (χ1v) is 18.3. The molecule has 2 atom stereocenters. The van der Waals surface area contributed by atoms with Crippen LogP contribution in [0.25, 0.3) is 11.1 Å². The highest BCUT2D eigenvalue weighted by molar-refractivity contribution is 7.90. The van der Waals surface area contributed by atoms with E-state index in [9.17, 15) is 18.0 Å². The van der Waals surface area contributed by atoms with Gasteiger partial charge in [0.2, 0.25) is 5.91 Å². The normalized spacial score (nSPS) is 15.6. The van der Waals surface area contributed by atoms with Crippen molar-refractivity contribution in [1.29, 1.82) is 5.41 Å².